The van der Waals surface area contributed by atoms with Crippen LogP contribution in [0.4, 0.5) is 14.5 Å². The molecule has 1 rings (SSSR count). The number of amides is 1. The van der Waals surface area contributed by atoms with Gasteiger partial charge in [0.15, 0.2) is 11.6 Å². The van der Waals surface area contributed by atoms with Crippen molar-refractivity contribution in [3.8, 4) is 0 Å². The fraction of sp³-hybridized carbons (Fsp3) is 0.333. The number of hydrogen-bond acceptors (Lipinski definition) is 3. The molecule has 0 bridgehead atoms. The molecule has 0 aliphatic heterocycles. The number of hydrogen-bond donors (Lipinski definition) is 2. The van der Waals surface area contributed by atoms with Crippen LogP contribution in [0.2, 0.25) is 0 Å². The van der Waals surface area contributed by atoms with Crippen LogP contribution in [0.15, 0.2) is 12.1 Å². The summed E-state index contributed by atoms with van der Waals surface area (Å²) in [6.45, 7) is 1.49. The van der Waals surface area contributed by atoms with E-state index in [1.165, 1.54) is 25.9 Å². The Morgan fingerprint density at radius 3 is 2.32 bits per heavy atom. The zero-order valence-corrected chi connectivity index (χ0v) is 10.7. The van der Waals surface area contributed by atoms with Crippen molar-refractivity contribution in [1.82, 2.24) is 4.90 Å². The second-order valence-electron chi connectivity index (χ2n) is 4.19. The molecule has 0 saturated carbocycles. The van der Waals surface area contributed by atoms with Crippen molar-refractivity contribution >= 4 is 17.6 Å². The first-order valence-corrected chi connectivity index (χ1v) is 5.44. The lowest BCUT2D eigenvalue weighted by Gasteiger charge is -2.19. The molecule has 19 heavy (non-hydrogen) atoms. The Bertz CT molecular complexity index is 518. The third-order valence-electron chi connectivity index (χ3n) is 2.50. The van der Waals surface area contributed by atoms with Crippen molar-refractivity contribution in [2.45, 2.75) is 13.0 Å². The normalized spacial score (nSPS) is 11.8. The summed E-state index contributed by atoms with van der Waals surface area (Å²) in [5.74, 6) is -4.65. The second kappa shape index (κ2) is 5.64. The van der Waals surface area contributed by atoms with E-state index >= 15 is 0 Å². The molecular formula is C12H14F2N2O3. The van der Waals surface area contributed by atoms with Crippen molar-refractivity contribution in [3.05, 3.63) is 29.3 Å². The highest BCUT2D eigenvalue weighted by atomic mass is 19.2. The average molecular weight is 272 g/mol. The molecule has 0 radical (unpaired) electrons. The van der Waals surface area contributed by atoms with Crippen LogP contribution < -0.4 is 5.32 Å². The highest BCUT2D eigenvalue weighted by Crippen LogP contribution is 2.21. The predicted octanol–water partition coefficient (Wildman–Crippen LogP) is 1.55. The van der Waals surface area contributed by atoms with E-state index in [2.05, 4.69) is 5.32 Å². The number of likely N-dealkylation sites (N-methyl/N-ethyl adjacent to an activating group) is 1. The maximum Gasteiger partial charge on any atom is 0.338 e. The van der Waals surface area contributed by atoms with Crippen LogP contribution in [0.5, 0.6) is 0 Å². The molecule has 0 aliphatic carbocycles. The largest absolute Gasteiger partial charge is 0.478 e. The third-order valence-corrected chi connectivity index (χ3v) is 2.50. The van der Waals surface area contributed by atoms with E-state index in [1.54, 1.807) is 0 Å². The number of carbonyl (C=O) groups is 2. The molecule has 0 fully saturated rings. The van der Waals surface area contributed by atoms with Crippen molar-refractivity contribution in [1.29, 1.82) is 0 Å². The number of carboxylic acid groups (broad SMARTS) is 1. The van der Waals surface area contributed by atoms with Crippen LogP contribution in [-0.4, -0.2) is 42.0 Å². The fourth-order valence-electron chi connectivity index (χ4n) is 1.51. The van der Waals surface area contributed by atoms with Gasteiger partial charge in [0.1, 0.15) is 6.04 Å². The van der Waals surface area contributed by atoms with Crippen molar-refractivity contribution < 1.29 is 23.5 Å². The molecule has 7 heteroatoms. The van der Waals surface area contributed by atoms with Crippen LogP contribution >= 0.6 is 0 Å². The number of rotatable bonds is 4. The monoisotopic (exact) mass is 272 g/mol. The van der Waals surface area contributed by atoms with Gasteiger partial charge in [0.2, 0.25) is 5.91 Å². The van der Waals surface area contributed by atoms with E-state index < -0.39 is 29.2 Å². The molecule has 2 N–H and O–H groups in total. The molecule has 0 aromatic heterocycles. The number of nitrogens with one attached hydrogen (secondary N) is 1. The smallest absolute Gasteiger partial charge is 0.338 e. The van der Waals surface area contributed by atoms with E-state index in [0.29, 0.717) is 0 Å². The standard InChI is InChI=1S/C12H14F2N2O3/c1-6(11(17)16(2)3)15-8-5-4-7(12(18)19)9(13)10(8)14/h4-6,15H,1-3H3,(H,18,19). The van der Waals surface area contributed by atoms with Gasteiger partial charge in [-0.05, 0) is 19.1 Å². The molecule has 0 aliphatic rings. The maximum atomic E-state index is 13.6. The average Bonchev–Trinajstić information content (AvgIpc) is 2.33. The number of carbonyl (C=O) groups excluding carboxylic acids is 1. The van der Waals surface area contributed by atoms with Gasteiger partial charge in [-0.25, -0.2) is 13.6 Å². The van der Waals surface area contributed by atoms with Gasteiger partial charge >= 0.3 is 5.97 Å². The Labute approximate surface area is 108 Å². The summed E-state index contributed by atoms with van der Waals surface area (Å²) in [5, 5.41) is 11.1. The first kappa shape index (κ1) is 14.9. The summed E-state index contributed by atoms with van der Waals surface area (Å²) >= 11 is 0. The van der Waals surface area contributed by atoms with Crippen molar-refractivity contribution in [2.75, 3.05) is 19.4 Å². The summed E-state index contributed by atoms with van der Waals surface area (Å²) in [5.41, 5.74) is -1.01. The Balaban J connectivity index is 3.01. The van der Waals surface area contributed by atoms with E-state index in [1.807, 2.05) is 0 Å². The summed E-state index contributed by atoms with van der Waals surface area (Å²) in [7, 11) is 3.07. The van der Waals surface area contributed by atoms with Gasteiger partial charge < -0.3 is 15.3 Å². The molecule has 1 aromatic rings. The van der Waals surface area contributed by atoms with Crippen LogP contribution in [0, 0.1) is 11.6 Å². The molecule has 5 nitrogen and oxygen atoms in total. The maximum absolute atomic E-state index is 13.6. The Morgan fingerprint density at radius 2 is 1.84 bits per heavy atom. The van der Waals surface area contributed by atoms with Crippen LogP contribution in [0.1, 0.15) is 17.3 Å². The first-order chi connectivity index (χ1) is 8.75. The molecule has 1 aromatic carbocycles. The number of carboxylic acids is 1. The molecule has 1 atom stereocenters. The third kappa shape index (κ3) is 3.18. The SMILES string of the molecule is CC(Nc1ccc(C(=O)O)c(F)c1F)C(=O)N(C)C. The van der Waals surface area contributed by atoms with Gasteiger partial charge in [0.05, 0.1) is 11.3 Å². The first-order valence-electron chi connectivity index (χ1n) is 5.44. The molecule has 0 spiro atoms. The highest BCUT2D eigenvalue weighted by molar-refractivity contribution is 5.89. The lowest BCUT2D eigenvalue weighted by atomic mass is 10.1. The van der Waals surface area contributed by atoms with E-state index in [-0.39, 0.29) is 11.6 Å². The van der Waals surface area contributed by atoms with E-state index in [9.17, 15) is 18.4 Å². The number of halogens is 2. The van der Waals surface area contributed by atoms with Gasteiger partial charge in [0.25, 0.3) is 0 Å². The summed E-state index contributed by atoms with van der Waals surface area (Å²) in [6.07, 6.45) is 0. The lowest BCUT2D eigenvalue weighted by Crippen LogP contribution is -2.36. The van der Waals surface area contributed by atoms with E-state index in [4.69, 9.17) is 5.11 Å². The fourth-order valence-corrected chi connectivity index (χ4v) is 1.51. The molecule has 1 amide bonds. The molecule has 0 heterocycles. The lowest BCUT2D eigenvalue weighted by molar-refractivity contribution is -0.129. The number of benzene rings is 1. The van der Waals surface area contributed by atoms with Crippen LogP contribution in [0.25, 0.3) is 0 Å². The van der Waals surface area contributed by atoms with Crippen LogP contribution in [-0.2, 0) is 4.79 Å². The van der Waals surface area contributed by atoms with Gasteiger partial charge in [-0.15, -0.1) is 0 Å². The van der Waals surface area contributed by atoms with E-state index in [0.717, 1.165) is 12.1 Å². The molecule has 1 unspecified atom stereocenters. The summed E-state index contributed by atoms with van der Waals surface area (Å²) < 4.78 is 27.1. The van der Waals surface area contributed by atoms with Gasteiger partial charge in [-0.1, -0.05) is 0 Å². The number of aromatic carboxylic acids is 1. The minimum Gasteiger partial charge on any atom is -0.478 e. The van der Waals surface area contributed by atoms with Crippen molar-refractivity contribution in [2.24, 2.45) is 0 Å². The molecule has 0 saturated heterocycles. The highest BCUT2D eigenvalue weighted by Gasteiger charge is 2.21. The van der Waals surface area contributed by atoms with Gasteiger partial charge in [-0.2, -0.15) is 0 Å². The number of nitrogens with zero attached hydrogens (tertiary/aromatic N) is 1. The van der Waals surface area contributed by atoms with Gasteiger partial charge in [-0.3, -0.25) is 4.79 Å². The topological polar surface area (TPSA) is 69.6 Å². The summed E-state index contributed by atoms with van der Waals surface area (Å²) in [4.78, 5) is 23.5. The molecular weight excluding hydrogens is 258 g/mol. The number of anilines is 1. The van der Waals surface area contributed by atoms with Gasteiger partial charge in [0, 0.05) is 14.1 Å². The Morgan fingerprint density at radius 1 is 1.26 bits per heavy atom. The molecule has 104 valence electrons. The predicted molar refractivity (Wildman–Crippen MR) is 65.1 cm³/mol. The Hall–Kier alpha value is -2.18. The minimum atomic E-state index is -1.56. The zero-order chi connectivity index (χ0) is 14.7. The van der Waals surface area contributed by atoms with Crippen LogP contribution in [0.3, 0.4) is 0 Å². The van der Waals surface area contributed by atoms with Crippen molar-refractivity contribution in [3.63, 3.8) is 0 Å². The minimum absolute atomic E-state index is 0.259. The Kier molecular flexibility index (Phi) is 4.42. The second-order valence-corrected chi connectivity index (χ2v) is 4.19. The zero-order valence-electron chi connectivity index (χ0n) is 10.7. The quantitative estimate of drug-likeness (QED) is 0.872. The summed E-state index contributed by atoms with van der Waals surface area (Å²) in [6, 6.07) is 1.26.